The minimum atomic E-state index is -0.421. The molecule has 3 atom stereocenters. The van der Waals surface area contributed by atoms with Gasteiger partial charge in [-0.05, 0) is 25.8 Å². The van der Waals surface area contributed by atoms with Gasteiger partial charge in [-0.2, -0.15) is 0 Å². The number of nitrogens with zero attached hydrogens (tertiary/aromatic N) is 2. The summed E-state index contributed by atoms with van der Waals surface area (Å²) < 4.78 is 0. The van der Waals surface area contributed by atoms with Gasteiger partial charge in [-0.3, -0.25) is 14.4 Å². The van der Waals surface area contributed by atoms with Gasteiger partial charge in [0.15, 0.2) is 0 Å². The molecule has 25 heavy (non-hydrogen) atoms. The first-order chi connectivity index (χ1) is 11.8. The normalized spacial score (nSPS) is 25.7. The molecule has 0 saturated carbocycles. The zero-order chi connectivity index (χ0) is 18.1. The van der Waals surface area contributed by atoms with E-state index in [4.69, 9.17) is 0 Å². The summed E-state index contributed by atoms with van der Waals surface area (Å²) in [6.07, 6.45) is 1.03. The summed E-state index contributed by atoms with van der Waals surface area (Å²) >= 11 is 0. The average molecular weight is 343 g/mol. The Morgan fingerprint density at radius 2 is 1.88 bits per heavy atom. The van der Waals surface area contributed by atoms with Crippen molar-refractivity contribution in [2.24, 2.45) is 0 Å². The molecule has 1 aromatic rings. The van der Waals surface area contributed by atoms with Gasteiger partial charge in [-0.25, -0.2) is 0 Å². The highest BCUT2D eigenvalue weighted by atomic mass is 16.2. The molecule has 0 bridgehead atoms. The van der Waals surface area contributed by atoms with E-state index in [-0.39, 0.29) is 29.8 Å². The largest absolute Gasteiger partial charge is 0.351 e. The first-order valence-corrected chi connectivity index (χ1v) is 8.77. The van der Waals surface area contributed by atoms with Gasteiger partial charge in [0.1, 0.15) is 6.04 Å². The molecule has 2 heterocycles. The van der Waals surface area contributed by atoms with Gasteiger partial charge < -0.3 is 15.1 Å². The summed E-state index contributed by atoms with van der Waals surface area (Å²) in [5.74, 6) is -0.133. The van der Waals surface area contributed by atoms with Gasteiger partial charge in [0.05, 0.1) is 12.5 Å². The molecule has 1 N–H and O–H groups in total. The molecule has 0 radical (unpaired) electrons. The van der Waals surface area contributed by atoms with E-state index in [0.717, 1.165) is 5.56 Å². The molecule has 0 spiro atoms. The first kappa shape index (κ1) is 17.5. The third kappa shape index (κ3) is 3.67. The molecule has 6 heteroatoms. The summed E-state index contributed by atoms with van der Waals surface area (Å²) in [7, 11) is 0. The van der Waals surface area contributed by atoms with E-state index in [0.29, 0.717) is 25.9 Å². The molecule has 0 unspecified atom stereocenters. The number of hydrogen-bond acceptors (Lipinski definition) is 3. The van der Waals surface area contributed by atoms with Crippen LogP contribution in [0.2, 0.25) is 0 Å². The minimum Gasteiger partial charge on any atom is -0.351 e. The van der Waals surface area contributed by atoms with Crippen molar-refractivity contribution in [2.45, 2.75) is 51.7 Å². The Morgan fingerprint density at radius 1 is 1.20 bits per heavy atom. The molecule has 0 aliphatic carbocycles. The number of benzene rings is 1. The number of hydrogen-bond donors (Lipinski definition) is 1. The monoisotopic (exact) mass is 343 g/mol. The number of fused-ring (bicyclic) bond motifs is 1. The third-order valence-electron chi connectivity index (χ3n) is 5.18. The fraction of sp³-hybridized carbons (Fsp3) is 0.526. The molecule has 1 aromatic carbocycles. The Hall–Kier alpha value is -2.37. The number of piperazine rings is 1. The van der Waals surface area contributed by atoms with Gasteiger partial charge in [0.2, 0.25) is 17.7 Å². The lowest BCUT2D eigenvalue weighted by molar-refractivity contribution is -0.151. The summed E-state index contributed by atoms with van der Waals surface area (Å²) in [4.78, 5) is 40.0. The SMILES string of the molecule is CC(=O)N1C[C@@H]2C[C@H](NC(=O)Cc3ccc(C)cc3)CN2C(=O)[C@@H]1C. The summed E-state index contributed by atoms with van der Waals surface area (Å²) in [5.41, 5.74) is 2.14. The molecule has 6 nitrogen and oxygen atoms in total. The van der Waals surface area contributed by atoms with Gasteiger partial charge in [0, 0.05) is 26.1 Å². The molecule has 2 aliphatic heterocycles. The Morgan fingerprint density at radius 3 is 2.52 bits per heavy atom. The lowest BCUT2D eigenvalue weighted by Crippen LogP contribution is -2.59. The Labute approximate surface area is 148 Å². The van der Waals surface area contributed by atoms with Crippen LogP contribution in [0.15, 0.2) is 24.3 Å². The van der Waals surface area contributed by atoms with Crippen LogP contribution in [0.1, 0.15) is 31.4 Å². The van der Waals surface area contributed by atoms with Crippen molar-refractivity contribution in [1.29, 1.82) is 0 Å². The molecule has 2 aliphatic rings. The fourth-order valence-electron chi connectivity index (χ4n) is 3.79. The van der Waals surface area contributed by atoms with Crippen molar-refractivity contribution in [3.8, 4) is 0 Å². The summed E-state index contributed by atoms with van der Waals surface area (Å²) in [6, 6.07) is 7.44. The van der Waals surface area contributed by atoms with Crippen LogP contribution in [0.3, 0.4) is 0 Å². The average Bonchev–Trinajstić information content (AvgIpc) is 2.95. The second-order valence-electron chi connectivity index (χ2n) is 7.15. The Kier molecular flexibility index (Phi) is 4.79. The van der Waals surface area contributed by atoms with E-state index in [9.17, 15) is 14.4 Å². The van der Waals surface area contributed by atoms with Gasteiger partial charge in [0.25, 0.3) is 0 Å². The summed E-state index contributed by atoms with van der Waals surface area (Å²) in [6.45, 7) is 6.35. The predicted molar refractivity (Wildman–Crippen MR) is 93.8 cm³/mol. The Bertz CT molecular complexity index is 686. The van der Waals surface area contributed by atoms with Gasteiger partial charge in [-0.15, -0.1) is 0 Å². The van der Waals surface area contributed by atoms with E-state index in [1.54, 1.807) is 11.8 Å². The smallest absolute Gasteiger partial charge is 0.245 e. The zero-order valence-corrected chi connectivity index (χ0v) is 15.0. The molecule has 0 aromatic heterocycles. The Balaban J connectivity index is 1.59. The highest BCUT2D eigenvalue weighted by Crippen LogP contribution is 2.26. The number of amides is 3. The number of aryl methyl sites for hydroxylation is 1. The molecule has 3 rings (SSSR count). The quantitative estimate of drug-likeness (QED) is 0.885. The topological polar surface area (TPSA) is 69.7 Å². The second kappa shape index (κ2) is 6.86. The highest BCUT2D eigenvalue weighted by molar-refractivity contribution is 5.88. The molecule has 134 valence electrons. The highest BCUT2D eigenvalue weighted by Gasteiger charge is 2.44. The van der Waals surface area contributed by atoms with Crippen LogP contribution >= 0.6 is 0 Å². The standard InChI is InChI=1S/C19H25N3O3/c1-12-4-6-15(7-5-12)8-18(24)20-16-9-17-11-21(14(3)23)13(2)19(25)22(17)10-16/h4-7,13,16-17H,8-11H2,1-3H3,(H,20,24)/t13-,16-,17-/m0/s1. The molecular formula is C19H25N3O3. The number of carbonyl (C=O) groups excluding carboxylic acids is 3. The molecule has 2 saturated heterocycles. The van der Waals surface area contributed by atoms with Crippen molar-refractivity contribution in [3.05, 3.63) is 35.4 Å². The predicted octanol–water partition coefficient (Wildman–Crippen LogP) is 0.874. The van der Waals surface area contributed by atoms with E-state index in [1.165, 1.54) is 12.5 Å². The zero-order valence-electron chi connectivity index (χ0n) is 15.0. The third-order valence-corrected chi connectivity index (χ3v) is 5.18. The first-order valence-electron chi connectivity index (χ1n) is 8.77. The van der Waals surface area contributed by atoms with Crippen LogP contribution in [0.5, 0.6) is 0 Å². The van der Waals surface area contributed by atoms with E-state index < -0.39 is 6.04 Å². The van der Waals surface area contributed by atoms with Crippen LogP contribution in [0.4, 0.5) is 0 Å². The van der Waals surface area contributed by atoms with Crippen LogP contribution in [0, 0.1) is 6.92 Å². The maximum Gasteiger partial charge on any atom is 0.245 e. The summed E-state index contributed by atoms with van der Waals surface area (Å²) in [5, 5.41) is 3.04. The van der Waals surface area contributed by atoms with Crippen molar-refractivity contribution in [1.82, 2.24) is 15.1 Å². The van der Waals surface area contributed by atoms with Crippen LogP contribution in [-0.2, 0) is 20.8 Å². The molecule has 3 amide bonds. The molecular weight excluding hydrogens is 318 g/mol. The number of nitrogens with one attached hydrogen (secondary N) is 1. The lowest BCUT2D eigenvalue weighted by atomic mass is 10.1. The van der Waals surface area contributed by atoms with Crippen molar-refractivity contribution in [2.75, 3.05) is 13.1 Å². The van der Waals surface area contributed by atoms with Gasteiger partial charge >= 0.3 is 0 Å². The van der Waals surface area contributed by atoms with E-state index in [2.05, 4.69) is 5.32 Å². The van der Waals surface area contributed by atoms with Crippen molar-refractivity contribution < 1.29 is 14.4 Å². The van der Waals surface area contributed by atoms with E-state index in [1.807, 2.05) is 36.1 Å². The molecule has 2 fully saturated rings. The second-order valence-corrected chi connectivity index (χ2v) is 7.15. The maximum atomic E-state index is 12.5. The number of carbonyl (C=O) groups is 3. The van der Waals surface area contributed by atoms with Crippen molar-refractivity contribution >= 4 is 17.7 Å². The fourth-order valence-corrected chi connectivity index (χ4v) is 3.79. The van der Waals surface area contributed by atoms with Crippen LogP contribution in [0.25, 0.3) is 0 Å². The lowest BCUT2D eigenvalue weighted by Gasteiger charge is -2.40. The van der Waals surface area contributed by atoms with E-state index >= 15 is 0 Å². The van der Waals surface area contributed by atoms with Gasteiger partial charge in [-0.1, -0.05) is 29.8 Å². The number of rotatable bonds is 3. The maximum absolute atomic E-state index is 12.5. The van der Waals surface area contributed by atoms with Crippen LogP contribution in [-0.4, -0.2) is 58.7 Å². The minimum absolute atomic E-state index is 0.00252. The van der Waals surface area contributed by atoms with Crippen LogP contribution < -0.4 is 5.32 Å². The van der Waals surface area contributed by atoms with Crippen molar-refractivity contribution in [3.63, 3.8) is 0 Å².